The SMILES string of the molecule is COc1cc(C)cc(F)c1C#Cc1cc(F)c(/C(F)=C(\F)c2cc(F)c(-c3cc(F)c(F)c(F)c3)c(F)c2)c(F)c1. The summed E-state index contributed by atoms with van der Waals surface area (Å²) >= 11 is 0. The fourth-order valence-electron chi connectivity index (χ4n) is 3.89. The van der Waals surface area contributed by atoms with E-state index in [0.717, 1.165) is 6.07 Å². The Morgan fingerprint density at radius 3 is 1.71 bits per heavy atom. The van der Waals surface area contributed by atoms with Crippen LogP contribution in [-0.4, -0.2) is 7.11 Å². The van der Waals surface area contributed by atoms with E-state index in [0.29, 0.717) is 17.7 Å². The van der Waals surface area contributed by atoms with Crippen molar-refractivity contribution >= 4 is 11.7 Å². The fourth-order valence-corrected chi connectivity index (χ4v) is 3.89. The van der Waals surface area contributed by atoms with Gasteiger partial charge in [0.1, 0.15) is 40.4 Å². The first kappa shape index (κ1) is 29.3. The largest absolute Gasteiger partial charge is 0.495 e. The van der Waals surface area contributed by atoms with Gasteiger partial charge in [-0.15, -0.1) is 0 Å². The van der Waals surface area contributed by atoms with Gasteiger partial charge in [0.05, 0.1) is 18.2 Å². The first-order valence-electron chi connectivity index (χ1n) is 11.4. The van der Waals surface area contributed by atoms with Crippen LogP contribution in [-0.2, 0) is 0 Å². The maximum Gasteiger partial charge on any atom is 0.194 e. The van der Waals surface area contributed by atoms with E-state index in [2.05, 4.69) is 11.8 Å². The zero-order valence-electron chi connectivity index (χ0n) is 20.8. The highest BCUT2D eigenvalue weighted by molar-refractivity contribution is 5.84. The minimum atomic E-state index is -2.17. The monoisotopic (exact) mass is 580 g/mol. The lowest BCUT2D eigenvalue weighted by molar-refractivity contribution is 0.409. The van der Waals surface area contributed by atoms with Crippen LogP contribution in [0.2, 0.25) is 0 Å². The molecule has 0 atom stereocenters. The molecule has 1 nitrogen and oxygen atoms in total. The lowest BCUT2D eigenvalue weighted by Gasteiger charge is -2.10. The van der Waals surface area contributed by atoms with E-state index in [1.165, 1.54) is 13.2 Å². The Bertz CT molecular complexity index is 1730. The van der Waals surface area contributed by atoms with E-state index in [4.69, 9.17) is 4.74 Å². The highest BCUT2D eigenvalue weighted by Crippen LogP contribution is 2.36. The van der Waals surface area contributed by atoms with Crippen LogP contribution in [0.3, 0.4) is 0 Å². The zero-order chi connectivity index (χ0) is 30.2. The Hall–Kier alpha value is -4.72. The predicted octanol–water partition coefficient (Wildman–Crippen LogP) is 8.95. The van der Waals surface area contributed by atoms with Gasteiger partial charge in [-0.1, -0.05) is 11.8 Å². The van der Waals surface area contributed by atoms with Crippen LogP contribution >= 0.6 is 0 Å². The summed E-state index contributed by atoms with van der Waals surface area (Å²) in [6.45, 7) is 1.60. The summed E-state index contributed by atoms with van der Waals surface area (Å²) < 4.78 is 148. The van der Waals surface area contributed by atoms with E-state index in [9.17, 15) is 43.9 Å². The predicted molar refractivity (Wildman–Crippen MR) is 131 cm³/mol. The lowest BCUT2D eigenvalue weighted by atomic mass is 10.00. The number of hydrogen-bond donors (Lipinski definition) is 0. The van der Waals surface area contributed by atoms with Crippen LogP contribution in [0.15, 0.2) is 48.5 Å². The Morgan fingerprint density at radius 1 is 0.610 bits per heavy atom. The van der Waals surface area contributed by atoms with Crippen LogP contribution in [0.1, 0.15) is 27.8 Å². The fraction of sp³-hybridized carbons (Fsp3) is 0.0667. The molecule has 41 heavy (non-hydrogen) atoms. The highest BCUT2D eigenvalue weighted by Gasteiger charge is 2.24. The molecule has 11 heteroatoms. The second kappa shape index (κ2) is 11.4. The minimum absolute atomic E-state index is 0.0452. The quantitative estimate of drug-likeness (QED) is 0.101. The number of aryl methyl sites for hydroxylation is 1. The van der Waals surface area contributed by atoms with Gasteiger partial charge in [0.15, 0.2) is 29.1 Å². The van der Waals surface area contributed by atoms with Crippen molar-refractivity contribution < 1.29 is 48.6 Å². The van der Waals surface area contributed by atoms with Crippen LogP contribution in [0.5, 0.6) is 5.75 Å². The molecule has 0 aliphatic carbocycles. The van der Waals surface area contributed by atoms with Gasteiger partial charge in [0.25, 0.3) is 0 Å². The molecule has 0 radical (unpaired) electrons. The second-order valence-electron chi connectivity index (χ2n) is 8.59. The summed E-state index contributed by atoms with van der Waals surface area (Å²) in [7, 11) is 1.25. The molecule has 210 valence electrons. The minimum Gasteiger partial charge on any atom is -0.495 e. The van der Waals surface area contributed by atoms with Crippen LogP contribution in [0, 0.1) is 65.3 Å². The summed E-state index contributed by atoms with van der Waals surface area (Å²) in [5.41, 5.74) is -4.65. The Morgan fingerprint density at radius 2 is 1.17 bits per heavy atom. The lowest BCUT2D eigenvalue weighted by Crippen LogP contribution is -1.99. The Balaban J connectivity index is 1.73. The Labute approximate surface area is 226 Å². The molecule has 4 rings (SSSR count). The van der Waals surface area contributed by atoms with Crippen LogP contribution in [0.25, 0.3) is 22.8 Å². The van der Waals surface area contributed by atoms with Gasteiger partial charge in [0, 0.05) is 11.1 Å². The molecule has 0 amide bonds. The molecule has 0 fully saturated rings. The van der Waals surface area contributed by atoms with E-state index in [1.54, 1.807) is 6.92 Å². The van der Waals surface area contributed by atoms with Crippen molar-refractivity contribution in [2.24, 2.45) is 0 Å². The molecule has 0 spiro atoms. The van der Waals surface area contributed by atoms with E-state index in [1.807, 2.05) is 0 Å². The summed E-state index contributed by atoms with van der Waals surface area (Å²) in [5.74, 6) is -12.3. The van der Waals surface area contributed by atoms with Gasteiger partial charge >= 0.3 is 0 Å². The third kappa shape index (κ3) is 5.77. The number of halogens is 10. The van der Waals surface area contributed by atoms with E-state index >= 15 is 0 Å². The van der Waals surface area contributed by atoms with Crippen molar-refractivity contribution in [3.63, 3.8) is 0 Å². The average molecular weight is 580 g/mol. The van der Waals surface area contributed by atoms with Gasteiger partial charge < -0.3 is 4.74 Å². The smallest absolute Gasteiger partial charge is 0.194 e. The molecular formula is C30H14F10O. The maximum absolute atomic E-state index is 14.9. The molecule has 4 aromatic carbocycles. The summed E-state index contributed by atoms with van der Waals surface area (Å²) in [4.78, 5) is 0. The molecule has 0 N–H and O–H groups in total. The number of ether oxygens (including phenoxy) is 1. The summed E-state index contributed by atoms with van der Waals surface area (Å²) in [5, 5.41) is 0. The van der Waals surface area contributed by atoms with Crippen LogP contribution in [0.4, 0.5) is 43.9 Å². The average Bonchev–Trinajstić information content (AvgIpc) is 2.89. The summed E-state index contributed by atoms with van der Waals surface area (Å²) in [6, 6.07) is 4.66. The molecule has 0 heterocycles. The first-order valence-corrected chi connectivity index (χ1v) is 11.4. The van der Waals surface area contributed by atoms with E-state index in [-0.39, 0.29) is 41.1 Å². The van der Waals surface area contributed by atoms with Crippen molar-refractivity contribution in [3.05, 3.63) is 123 Å². The van der Waals surface area contributed by atoms with Gasteiger partial charge in [-0.3, -0.25) is 0 Å². The number of methoxy groups -OCH3 is 1. The third-order valence-electron chi connectivity index (χ3n) is 5.77. The van der Waals surface area contributed by atoms with Crippen molar-refractivity contribution in [3.8, 4) is 28.7 Å². The van der Waals surface area contributed by atoms with Crippen molar-refractivity contribution in [2.45, 2.75) is 6.92 Å². The topological polar surface area (TPSA) is 9.23 Å². The molecule has 0 bridgehead atoms. The van der Waals surface area contributed by atoms with Crippen LogP contribution < -0.4 is 4.74 Å². The highest BCUT2D eigenvalue weighted by atomic mass is 19.2. The first-order chi connectivity index (χ1) is 19.3. The maximum atomic E-state index is 14.9. The molecule has 0 saturated carbocycles. The van der Waals surface area contributed by atoms with Crippen molar-refractivity contribution in [1.29, 1.82) is 0 Å². The van der Waals surface area contributed by atoms with Crippen molar-refractivity contribution in [2.75, 3.05) is 7.11 Å². The molecule has 0 saturated heterocycles. The number of benzene rings is 4. The number of hydrogen-bond acceptors (Lipinski definition) is 1. The third-order valence-corrected chi connectivity index (χ3v) is 5.77. The molecule has 0 unspecified atom stereocenters. The molecule has 0 aliphatic rings. The van der Waals surface area contributed by atoms with Gasteiger partial charge in [-0.2, -0.15) is 0 Å². The van der Waals surface area contributed by atoms with E-state index < -0.39 is 80.4 Å². The standard InChI is InChI=1S/C30H14F10O/c1-13-5-18(31)17(25(6-13)41-2)4-3-14-7-19(32)27(20(33)8-14)30(40)28(38)16-11-21(34)26(22(35)12-16)15-9-23(36)29(39)24(37)10-15/h5-12H,1-2H3/b30-28+. The second-order valence-corrected chi connectivity index (χ2v) is 8.59. The molecule has 0 aromatic heterocycles. The molecular weight excluding hydrogens is 566 g/mol. The van der Waals surface area contributed by atoms with Crippen molar-refractivity contribution in [1.82, 2.24) is 0 Å². The van der Waals surface area contributed by atoms with Gasteiger partial charge in [0.2, 0.25) is 0 Å². The number of rotatable bonds is 4. The van der Waals surface area contributed by atoms with Gasteiger partial charge in [-0.05, 0) is 66.6 Å². The summed E-state index contributed by atoms with van der Waals surface area (Å²) in [6.07, 6.45) is 0. The zero-order valence-corrected chi connectivity index (χ0v) is 20.8. The van der Waals surface area contributed by atoms with Gasteiger partial charge in [-0.25, -0.2) is 43.9 Å². The molecule has 0 aliphatic heterocycles. The molecule has 4 aromatic rings. The normalized spacial score (nSPS) is 11.6. The Kier molecular flexibility index (Phi) is 8.14.